The number of ether oxygens (including phenoxy) is 1. The molecule has 8 heteroatoms. The number of anilines is 2. The predicted octanol–water partition coefficient (Wildman–Crippen LogP) is 0.619. The van der Waals surface area contributed by atoms with E-state index in [-0.39, 0.29) is 5.95 Å². The summed E-state index contributed by atoms with van der Waals surface area (Å²) < 4.78 is 7.07. The lowest BCUT2D eigenvalue weighted by Gasteiger charge is -2.35. The second kappa shape index (κ2) is 5.41. The minimum Gasteiger partial charge on any atom is -0.378 e. The van der Waals surface area contributed by atoms with E-state index in [0.29, 0.717) is 24.0 Å². The maximum Gasteiger partial charge on any atom is 0.257 e. The summed E-state index contributed by atoms with van der Waals surface area (Å²) in [7, 11) is 0. The summed E-state index contributed by atoms with van der Waals surface area (Å²) in [4.78, 5) is 12.5. The molecule has 8 nitrogen and oxygen atoms in total. The zero-order valence-electron chi connectivity index (χ0n) is 11.2. The first kappa shape index (κ1) is 12.8. The fourth-order valence-electron chi connectivity index (χ4n) is 2.17. The molecule has 0 radical (unpaired) electrons. The van der Waals surface area contributed by atoms with Crippen LogP contribution in [0.4, 0.5) is 11.9 Å². The van der Waals surface area contributed by atoms with Gasteiger partial charge in [0.15, 0.2) is 0 Å². The van der Waals surface area contributed by atoms with Gasteiger partial charge in [-0.25, -0.2) is 4.68 Å². The molecule has 0 saturated heterocycles. The van der Waals surface area contributed by atoms with E-state index in [0.717, 1.165) is 19.4 Å². The van der Waals surface area contributed by atoms with Gasteiger partial charge in [0.1, 0.15) is 0 Å². The molecule has 3 N–H and O–H groups in total. The van der Waals surface area contributed by atoms with Crippen LogP contribution < -0.4 is 11.1 Å². The third kappa shape index (κ3) is 2.69. The summed E-state index contributed by atoms with van der Waals surface area (Å²) in [6.07, 6.45) is 5.66. The average Bonchev–Trinajstić information content (AvgIpc) is 2.89. The molecular weight excluding hydrogens is 258 g/mol. The fraction of sp³-hybridized carbons (Fsp3) is 0.500. The van der Waals surface area contributed by atoms with E-state index < -0.39 is 0 Å². The van der Waals surface area contributed by atoms with E-state index in [4.69, 9.17) is 10.5 Å². The topological polar surface area (TPSA) is 104 Å². The summed E-state index contributed by atoms with van der Waals surface area (Å²) in [5.74, 6) is 1.06. The molecule has 0 aliphatic heterocycles. The number of rotatable bonds is 5. The van der Waals surface area contributed by atoms with Gasteiger partial charge < -0.3 is 15.8 Å². The third-order valence-electron chi connectivity index (χ3n) is 3.18. The average molecular weight is 275 g/mol. The zero-order chi connectivity index (χ0) is 13.9. The first-order chi connectivity index (χ1) is 9.74. The van der Waals surface area contributed by atoms with Crippen molar-refractivity contribution in [3.05, 3.63) is 18.5 Å². The van der Waals surface area contributed by atoms with Gasteiger partial charge in [-0.15, -0.1) is 0 Å². The molecule has 2 aromatic rings. The maximum atomic E-state index is 5.71. The highest BCUT2D eigenvalue weighted by Gasteiger charge is 2.30. The number of hydrogen-bond donors (Lipinski definition) is 2. The van der Waals surface area contributed by atoms with Gasteiger partial charge in [0.2, 0.25) is 11.9 Å². The molecule has 0 spiro atoms. The number of aromatic nitrogens is 5. The molecule has 1 aliphatic carbocycles. The van der Waals surface area contributed by atoms with Gasteiger partial charge in [-0.3, -0.25) is 0 Å². The second-order valence-electron chi connectivity index (χ2n) is 4.66. The van der Waals surface area contributed by atoms with Crippen LogP contribution in [0.1, 0.15) is 19.8 Å². The summed E-state index contributed by atoms with van der Waals surface area (Å²) in [6, 6.07) is 2.12. The van der Waals surface area contributed by atoms with Crippen LogP contribution in [0.3, 0.4) is 0 Å². The fourth-order valence-corrected chi connectivity index (χ4v) is 2.17. The summed E-state index contributed by atoms with van der Waals surface area (Å²) >= 11 is 0. The lowest BCUT2D eigenvalue weighted by Crippen LogP contribution is -2.41. The van der Waals surface area contributed by atoms with Gasteiger partial charge in [-0.05, 0) is 25.8 Å². The van der Waals surface area contributed by atoms with Crippen LogP contribution in [0, 0.1) is 0 Å². The molecule has 1 aliphatic rings. The smallest absolute Gasteiger partial charge is 0.257 e. The Morgan fingerprint density at radius 2 is 2.25 bits per heavy atom. The van der Waals surface area contributed by atoms with Gasteiger partial charge in [0.05, 0.1) is 6.10 Å². The van der Waals surface area contributed by atoms with Crippen LogP contribution in [0.5, 0.6) is 0 Å². The Balaban J connectivity index is 1.68. The first-order valence-electron chi connectivity index (χ1n) is 6.64. The zero-order valence-corrected chi connectivity index (χ0v) is 11.2. The van der Waals surface area contributed by atoms with Crippen LogP contribution in [-0.2, 0) is 4.74 Å². The van der Waals surface area contributed by atoms with Gasteiger partial charge >= 0.3 is 0 Å². The number of hydrogen-bond acceptors (Lipinski definition) is 7. The quantitative estimate of drug-likeness (QED) is 0.824. The number of nitrogens with zero attached hydrogens (tertiary/aromatic N) is 5. The van der Waals surface area contributed by atoms with Gasteiger partial charge in [0.25, 0.3) is 5.95 Å². The van der Waals surface area contributed by atoms with Crippen molar-refractivity contribution in [3.8, 4) is 5.95 Å². The highest BCUT2D eigenvalue weighted by atomic mass is 16.5. The van der Waals surface area contributed by atoms with E-state index in [2.05, 4.69) is 25.4 Å². The molecule has 0 atom stereocenters. The molecule has 2 heterocycles. The predicted molar refractivity (Wildman–Crippen MR) is 73.4 cm³/mol. The van der Waals surface area contributed by atoms with E-state index >= 15 is 0 Å². The lowest BCUT2D eigenvalue weighted by molar-refractivity contribution is 0.00285. The number of nitrogen functional groups attached to an aromatic ring is 1. The van der Waals surface area contributed by atoms with Crippen LogP contribution in [0.2, 0.25) is 0 Å². The SMILES string of the molecule is CCOC1CC(Nc2nc(N)nc(-n3cccn3)n2)C1. The molecule has 1 fully saturated rings. The summed E-state index contributed by atoms with van der Waals surface area (Å²) in [5, 5.41) is 7.33. The van der Waals surface area contributed by atoms with E-state index in [1.165, 1.54) is 0 Å². The molecule has 1 saturated carbocycles. The Labute approximate surface area is 116 Å². The minimum atomic E-state index is 0.175. The van der Waals surface area contributed by atoms with Crippen molar-refractivity contribution in [2.24, 2.45) is 0 Å². The number of nitrogens with two attached hydrogens (primary N) is 1. The van der Waals surface area contributed by atoms with Crippen molar-refractivity contribution in [2.75, 3.05) is 17.7 Å². The van der Waals surface area contributed by atoms with Gasteiger partial charge in [-0.1, -0.05) is 0 Å². The second-order valence-corrected chi connectivity index (χ2v) is 4.66. The Morgan fingerprint density at radius 1 is 1.40 bits per heavy atom. The lowest BCUT2D eigenvalue weighted by atomic mass is 9.89. The van der Waals surface area contributed by atoms with Crippen molar-refractivity contribution in [1.29, 1.82) is 0 Å². The van der Waals surface area contributed by atoms with Crippen LogP contribution in [0.15, 0.2) is 18.5 Å². The Hall–Kier alpha value is -2.22. The molecule has 20 heavy (non-hydrogen) atoms. The molecular formula is C12H17N7O. The van der Waals surface area contributed by atoms with Crippen molar-refractivity contribution in [1.82, 2.24) is 24.7 Å². The maximum absolute atomic E-state index is 5.71. The number of nitrogens with one attached hydrogen (secondary N) is 1. The van der Waals surface area contributed by atoms with Crippen LogP contribution in [-0.4, -0.2) is 43.5 Å². The Bertz CT molecular complexity index is 565. The van der Waals surface area contributed by atoms with E-state index in [1.54, 1.807) is 23.1 Å². The van der Waals surface area contributed by atoms with Crippen molar-refractivity contribution >= 4 is 11.9 Å². The van der Waals surface area contributed by atoms with Gasteiger partial charge in [-0.2, -0.15) is 20.1 Å². The van der Waals surface area contributed by atoms with E-state index in [1.807, 2.05) is 6.92 Å². The largest absolute Gasteiger partial charge is 0.378 e. The summed E-state index contributed by atoms with van der Waals surface area (Å²) in [5.41, 5.74) is 5.71. The van der Waals surface area contributed by atoms with Crippen LogP contribution in [0.25, 0.3) is 5.95 Å². The first-order valence-corrected chi connectivity index (χ1v) is 6.64. The highest BCUT2D eigenvalue weighted by Crippen LogP contribution is 2.25. The molecule has 0 amide bonds. The minimum absolute atomic E-state index is 0.175. The molecule has 106 valence electrons. The molecule has 0 aromatic carbocycles. The Kier molecular flexibility index (Phi) is 3.46. The standard InChI is InChI=1S/C12H17N7O/c1-2-20-9-6-8(7-9)15-11-16-10(13)17-12(18-11)19-5-3-4-14-19/h3-5,8-9H,2,6-7H2,1H3,(H3,13,15,16,17,18). The normalized spacial score (nSPS) is 21.4. The van der Waals surface area contributed by atoms with Crippen molar-refractivity contribution < 1.29 is 4.74 Å². The van der Waals surface area contributed by atoms with Crippen molar-refractivity contribution in [2.45, 2.75) is 31.9 Å². The van der Waals surface area contributed by atoms with Crippen LogP contribution >= 0.6 is 0 Å². The molecule has 0 bridgehead atoms. The molecule has 3 rings (SSSR count). The highest BCUT2D eigenvalue weighted by molar-refractivity contribution is 5.36. The Morgan fingerprint density at radius 3 is 2.95 bits per heavy atom. The molecule has 0 unspecified atom stereocenters. The van der Waals surface area contributed by atoms with Gasteiger partial charge in [0, 0.05) is 25.0 Å². The third-order valence-corrected chi connectivity index (χ3v) is 3.18. The van der Waals surface area contributed by atoms with Crippen molar-refractivity contribution in [3.63, 3.8) is 0 Å². The van der Waals surface area contributed by atoms with E-state index in [9.17, 15) is 0 Å². The molecule has 2 aromatic heterocycles. The monoisotopic (exact) mass is 275 g/mol. The summed E-state index contributed by atoms with van der Waals surface area (Å²) in [6.45, 7) is 2.75.